The lowest BCUT2D eigenvalue weighted by atomic mass is 9.93. The van der Waals surface area contributed by atoms with Crippen molar-refractivity contribution in [3.05, 3.63) is 0 Å². The van der Waals surface area contributed by atoms with Gasteiger partial charge in [-0.05, 0) is 40.2 Å². The molecule has 1 aliphatic rings. The average molecular weight is 256 g/mol. The van der Waals surface area contributed by atoms with Gasteiger partial charge in [0.25, 0.3) is 0 Å². The van der Waals surface area contributed by atoms with E-state index in [2.05, 4.69) is 24.1 Å². The minimum Gasteiger partial charge on any atom is -0.468 e. The lowest BCUT2D eigenvalue weighted by Crippen LogP contribution is -2.60. The molecule has 18 heavy (non-hydrogen) atoms. The molecular formula is C14H28N2O2. The topological polar surface area (TPSA) is 41.6 Å². The third-order valence-electron chi connectivity index (χ3n) is 4.08. The van der Waals surface area contributed by atoms with Crippen LogP contribution in [0.4, 0.5) is 0 Å². The van der Waals surface area contributed by atoms with E-state index in [-0.39, 0.29) is 5.97 Å². The summed E-state index contributed by atoms with van der Waals surface area (Å²) in [7, 11) is 1.46. The predicted molar refractivity (Wildman–Crippen MR) is 73.6 cm³/mol. The van der Waals surface area contributed by atoms with E-state index in [1.54, 1.807) is 0 Å². The van der Waals surface area contributed by atoms with E-state index < -0.39 is 5.54 Å². The molecule has 0 aliphatic carbocycles. The molecule has 0 aromatic carbocycles. The molecule has 1 unspecified atom stereocenters. The van der Waals surface area contributed by atoms with Gasteiger partial charge in [0.05, 0.1) is 7.11 Å². The zero-order chi connectivity index (χ0) is 13.8. The standard InChI is InChI=1S/C14H28N2O2/c1-6-15-14(4,13(17)18-5)10-16-11(2)8-7-9-12(16)3/h11-12,15H,6-10H2,1-5H3/t11-,12+,14?. The maximum atomic E-state index is 12.0. The van der Waals surface area contributed by atoms with Gasteiger partial charge < -0.3 is 10.1 Å². The van der Waals surface area contributed by atoms with E-state index in [0.29, 0.717) is 12.1 Å². The molecule has 3 atom stereocenters. The Kier molecular flexibility index (Phi) is 5.60. The number of hydrogen-bond donors (Lipinski definition) is 1. The monoisotopic (exact) mass is 256 g/mol. The molecule has 1 heterocycles. The first-order valence-corrected chi connectivity index (χ1v) is 7.03. The molecule has 0 aromatic rings. The number of nitrogens with zero attached hydrogens (tertiary/aromatic N) is 1. The smallest absolute Gasteiger partial charge is 0.327 e. The van der Waals surface area contributed by atoms with Gasteiger partial charge in [-0.3, -0.25) is 9.69 Å². The van der Waals surface area contributed by atoms with Gasteiger partial charge in [0.15, 0.2) is 0 Å². The molecule has 1 N–H and O–H groups in total. The Labute approximate surface area is 111 Å². The SMILES string of the molecule is CCNC(C)(CN1[C@H](C)CCC[C@@H]1C)C(=O)OC. The zero-order valence-electron chi connectivity index (χ0n) is 12.5. The number of piperidine rings is 1. The molecule has 106 valence electrons. The largest absolute Gasteiger partial charge is 0.468 e. The molecule has 1 aliphatic heterocycles. The van der Waals surface area contributed by atoms with Crippen LogP contribution in [0.1, 0.15) is 47.0 Å². The summed E-state index contributed by atoms with van der Waals surface area (Å²) in [6.45, 7) is 9.94. The summed E-state index contributed by atoms with van der Waals surface area (Å²) >= 11 is 0. The van der Waals surface area contributed by atoms with Gasteiger partial charge in [0.1, 0.15) is 5.54 Å². The Balaban J connectivity index is 2.78. The highest BCUT2D eigenvalue weighted by Crippen LogP contribution is 2.24. The summed E-state index contributed by atoms with van der Waals surface area (Å²) < 4.78 is 4.95. The van der Waals surface area contributed by atoms with E-state index in [9.17, 15) is 4.79 Å². The fraction of sp³-hybridized carbons (Fsp3) is 0.929. The summed E-state index contributed by atoms with van der Waals surface area (Å²) in [4.78, 5) is 14.4. The van der Waals surface area contributed by atoms with E-state index in [1.807, 2.05) is 13.8 Å². The van der Waals surface area contributed by atoms with Crippen LogP contribution in [0, 0.1) is 0 Å². The summed E-state index contributed by atoms with van der Waals surface area (Å²) in [5.74, 6) is -0.172. The van der Waals surface area contributed by atoms with Gasteiger partial charge in [-0.2, -0.15) is 0 Å². The number of esters is 1. The fourth-order valence-electron chi connectivity index (χ4n) is 2.96. The molecule has 0 amide bonds. The first-order valence-electron chi connectivity index (χ1n) is 7.03. The van der Waals surface area contributed by atoms with Crippen molar-refractivity contribution in [3.8, 4) is 0 Å². The fourth-order valence-corrected chi connectivity index (χ4v) is 2.96. The summed E-state index contributed by atoms with van der Waals surface area (Å²) in [5, 5.41) is 3.28. The molecule has 0 spiro atoms. The number of nitrogens with one attached hydrogen (secondary N) is 1. The molecule has 1 rings (SSSR count). The number of methoxy groups -OCH3 is 1. The van der Waals surface area contributed by atoms with Crippen LogP contribution in [0.3, 0.4) is 0 Å². The van der Waals surface area contributed by atoms with Gasteiger partial charge in [0, 0.05) is 18.6 Å². The maximum Gasteiger partial charge on any atom is 0.327 e. The first kappa shape index (κ1) is 15.4. The third-order valence-corrected chi connectivity index (χ3v) is 4.08. The molecule has 0 aromatic heterocycles. The number of rotatable bonds is 5. The lowest BCUT2D eigenvalue weighted by molar-refractivity contribution is -0.149. The summed E-state index contributed by atoms with van der Waals surface area (Å²) in [6.07, 6.45) is 3.72. The molecule has 4 heteroatoms. The molecule has 0 bridgehead atoms. The van der Waals surface area contributed by atoms with Crippen molar-refractivity contribution in [1.29, 1.82) is 0 Å². The van der Waals surface area contributed by atoms with Crippen LogP contribution < -0.4 is 5.32 Å². The van der Waals surface area contributed by atoms with Gasteiger partial charge in [-0.1, -0.05) is 13.3 Å². The van der Waals surface area contributed by atoms with E-state index in [1.165, 1.54) is 26.4 Å². The second-order valence-electron chi connectivity index (χ2n) is 5.66. The van der Waals surface area contributed by atoms with Crippen LogP contribution in [0.25, 0.3) is 0 Å². The highest BCUT2D eigenvalue weighted by atomic mass is 16.5. The van der Waals surface area contributed by atoms with Crippen LogP contribution >= 0.6 is 0 Å². The Morgan fingerprint density at radius 3 is 2.39 bits per heavy atom. The zero-order valence-corrected chi connectivity index (χ0v) is 12.5. The van der Waals surface area contributed by atoms with E-state index in [4.69, 9.17) is 4.74 Å². The molecule has 1 fully saturated rings. The Morgan fingerprint density at radius 2 is 1.94 bits per heavy atom. The minimum atomic E-state index is -0.608. The maximum absolute atomic E-state index is 12.0. The van der Waals surface area contributed by atoms with Crippen molar-refractivity contribution < 1.29 is 9.53 Å². The quantitative estimate of drug-likeness (QED) is 0.762. The lowest BCUT2D eigenvalue weighted by Gasteiger charge is -2.43. The Hall–Kier alpha value is -0.610. The highest BCUT2D eigenvalue weighted by Gasteiger charge is 2.38. The van der Waals surface area contributed by atoms with Crippen LogP contribution in [0.15, 0.2) is 0 Å². The van der Waals surface area contributed by atoms with E-state index in [0.717, 1.165) is 13.1 Å². The molecule has 4 nitrogen and oxygen atoms in total. The van der Waals surface area contributed by atoms with Crippen LogP contribution in [0.2, 0.25) is 0 Å². The molecule has 1 saturated heterocycles. The number of likely N-dealkylation sites (tertiary alicyclic amines) is 1. The van der Waals surface area contributed by atoms with Crippen molar-refractivity contribution in [2.45, 2.75) is 64.6 Å². The third kappa shape index (κ3) is 3.45. The van der Waals surface area contributed by atoms with Crippen molar-refractivity contribution in [2.75, 3.05) is 20.2 Å². The number of likely N-dealkylation sites (N-methyl/N-ethyl adjacent to an activating group) is 1. The Morgan fingerprint density at radius 1 is 1.39 bits per heavy atom. The van der Waals surface area contributed by atoms with Crippen LogP contribution in [-0.4, -0.2) is 48.7 Å². The summed E-state index contributed by atoms with van der Waals surface area (Å²) in [6, 6.07) is 1.08. The summed E-state index contributed by atoms with van der Waals surface area (Å²) in [5.41, 5.74) is -0.608. The number of ether oxygens (including phenoxy) is 1. The first-order chi connectivity index (χ1) is 8.44. The predicted octanol–water partition coefficient (Wildman–Crippen LogP) is 1.79. The van der Waals surface area contributed by atoms with Gasteiger partial charge in [0.2, 0.25) is 0 Å². The molecule has 0 saturated carbocycles. The van der Waals surface area contributed by atoms with E-state index >= 15 is 0 Å². The normalized spacial score (nSPS) is 28.7. The minimum absolute atomic E-state index is 0.172. The van der Waals surface area contributed by atoms with Crippen molar-refractivity contribution >= 4 is 5.97 Å². The average Bonchev–Trinajstić information content (AvgIpc) is 2.33. The van der Waals surface area contributed by atoms with Gasteiger partial charge in [-0.15, -0.1) is 0 Å². The second-order valence-corrected chi connectivity index (χ2v) is 5.66. The number of hydrogen-bond acceptors (Lipinski definition) is 4. The van der Waals surface area contributed by atoms with Crippen LogP contribution in [-0.2, 0) is 9.53 Å². The van der Waals surface area contributed by atoms with Gasteiger partial charge >= 0.3 is 5.97 Å². The van der Waals surface area contributed by atoms with Gasteiger partial charge in [-0.25, -0.2) is 0 Å². The van der Waals surface area contributed by atoms with Crippen molar-refractivity contribution in [3.63, 3.8) is 0 Å². The number of carbonyl (C=O) groups excluding carboxylic acids is 1. The van der Waals surface area contributed by atoms with Crippen LogP contribution in [0.5, 0.6) is 0 Å². The Bertz CT molecular complexity index is 273. The van der Waals surface area contributed by atoms with Crippen molar-refractivity contribution in [1.82, 2.24) is 10.2 Å². The molecular weight excluding hydrogens is 228 g/mol. The molecule has 0 radical (unpaired) electrons. The number of carbonyl (C=O) groups is 1. The van der Waals surface area contributed by atoms with Crippen molar-refractivity contribution in [2.24, 2.45) is 0 Å². The highest BCUT2D eigenvalue weighted by molar-refractivity contribution is 5.80. The second kappa shape index (κ2) is 6.53.